The van der Waals surface area contributed by atoms with Crippen LogP contribution in [0.5, 0.6) is 0 Å². The average molecular weight is 841 g/mol. The van der Waals surface area contributed by atoms with Crippen LogP contribution in [0.4, 0.5) is 0 Å². The monoisotopic (exact) mass is 840 g/mol. The molecular weight excluding hydrogens is 809 g/mol. The molecule has 0 aliphatic carbocycles. The molecule has 8 aromatic carbocycles. The number of thiophene rings is 2. The second-order valence-corrected chi connectivity index (χ2v) is 17.7. The van der Waals surface area contributed by atoms with Gasteiger partial charge in [-0.1, -0.05) is 164 Å². The fourth-order valence-corrected chi connectivity index (χ4v) is 11.4. The minimum atomic E-state index is 0.562. The highest BCUT2D eigenvalue weighted by Crippen LogP contribution is 2.45. The van der Waals surface area contributed by atoms with Gasteiger partial charge in [0.25, 0.3) is 0 Å². The molecule has 0 fully saturated rings. The Bertz CT molecular complexity index is 3910. The summed E-state index contributed by atoms with van der Waals surface area (Å²) >= 11 is 3.50. The van der Waals surface area contributed by atoms with Crippen molar-refractivity contribution in [3.05, 3.63) is 194 Å². The molecule has 0 saturated heterocycles. The van der Waals surface area contributed by atoms with E-state index < -0.39 is 0 Å². The lowest BCUT2D eigenvalue weighted by molar-refractivity contribution is 0.954. The molecule has 0 aliphatic rings. The molecule has 0 radical (unpaired) electrons. The molecule has 8 heteroatoms. The fraction of sp³-hybridized carbons (Fsp3) is 0. The molecule has 0 amide bonds. The highest BCUT2D eigenvalue weighted by molar-refractivity contribution is 7.26. The van der Waals surface area contributed by atoms with Crippen molar-refractivity contribution in [1.82, 2.24) is 29.5 Å². The van der Waals surface area contributed by atoms with Crippen molar-refractivity contribution in [3.63, 3.8) is 0 Å². The Morgan fingerprint density at radius 1 is 0.349 bits per heavy atom. The third-order valence-corrected chi connectivity index (χ3v) is 14.3. The van der Waals surface area contributed by atoms with Crippen LogP contribution in [0.3, 0.4) is 0 Å². The summed E-state index contributed by atoms with van der Waals surface area (Å²) in [4.78, 5) is 26.7. The van der Waals surface area contributed by atoms with Crippen LogP contribution in [0.25, 0.3) is 125 Å². The molecule has 13 rings (SSSR count). The van der Waals surface area contributed by atoms with Crippen molar-refractivity contribution in [2.24, 2.45) is 0 Å². The maximum absolute atomic E-state index is 5.40. The van der Waals surface area contributed by atoms with Crippen molar-refractivity contribution in [2.45, 2.75) is 0 Å². The quantitative estimate of drug-likeness (QED) is 0.167. The zero-order valence-corrected chi connectivity index (χ0v) is 35.1. The Kier molecular flexibility index (Phi) is 8.15. The Labute approximate surface area is 369 Å². The van der Waals surface area contributed by atoms with Gasteiger partial charge in [-0.2, -0.15) is 9.97 Å². The molecule has 5 aromatic heterocycles. The van der Waals surface area contributed by atoms with Crippen LogP contribution in [-0.4, -0.2) is 29.5 Å². The molecule has 0 saturated carbocycles. The van der Waals surface area contributed by atoms with Crippen molar-refractivity contribution >= 4 is 85.0 Å². The second kappa shape index (κ2) is 14.3. The summed E-state index contributed by atoms with van der Waals surface area (Å²) in [5.74, 6) is 2.48. The lowest BCUT2D eigenvalue weighted by Gasteiger charge is -2.12. The van der Waals surface area contributed by atoms with Gasteiger partial charge >= 0.3 is 0 Å². The molecule has 0 unspecified atom stereocenters. The van der Waals surface area contributed by atoms with Crippen molar-refractivity contribution in [2.75, 3.05) is 0 Å². The fourth-order valence-electron chi connectivity index (χ4n) is 9.01. The summed E-state index contributed by atoms with van der Waals surface area (Å²) in [6, 6.07) is 67.8. The molecule has 0 spiro atoms. The lowest BCUT2D eigenvalue weighted by Crippen LogP contribution is -2.06. The Balaban J connectivity index is 1.05. The number of benzene rings is 8. The Hall–Kier alpha value is -7.91. The topological polar surface area (TPSA) is 69.4 Å². The Morgan fingerprint density at radius 2 is 0.952 bits per heavy atom. The smallest absolute Gasteiger partial charge is 0.238 e. The van der Waals surface area contributed by atoms with E-state index >= 15 is 0 Å². The van der Waals surface area contributed by atoms with Crippen LogP contribution in [0.1, 0.15) is 0 Å². The van der Waals surface area contributed by atoms with Gasteiger partial charge in [-0.15, -0.1) is 22.7 Å². The highest BCUT2D eigenvalue weighted by Gasteiger charge is 2.23. The van der Waals surface area contributed by atoms with Crippen LogP contribution in [-0.2, 0) is 0 Å². The number of nitrogens with zero attached hydrogens (tertiary/aromatic N) is 6. The first-order valence-electron chi connectivity index (χ1n) is 20.8. The van der Waals surface area contributed by atoms with Gasteiger partial charge < -0.3 is 0 Å². The third kappa shape index (κ3) is 5.80. The van der Waals surface area contributed by atoms with Crippen LogP contribution in [0.15, 0.2) is 194 Å². The van der Waals surface area contributed by atoms with Crippen molar-refractivity contribution < 1.29 is 0 Å². The largest absolute Gasteiger partial charge is 0.278 e. The summed E-state index contributed by atoms with van der Waals surface area (Å²) in [6.07, 6.45) is 0. The van der Waals surface area contributed by atoms with Gasteiger partial charge in [-0.25, -0.2) is 15.0 Å². The van der Waals surface area contributed by atoms with E-state index in [9.17, 15) is 0 Å². The number of hydrogen-bond donors (Lipinski definition) is 0. The first-order valence-corrected chi connectivity index (χ1v) is 22.5. The first-order chi connectivity index (χ1) is 31.2. The van der Waals surface area contributed by atoms with Gasteiger partial charge in [0.15, 0.2) is 17.5 Å². The molecule has 0 atom stereocenters. The summed E-state index contributed by atoms with van der Waals surface area (Å²) in [5, 5.41) is 5.64. The minimum absolute atomic E-state index is 0.562. The molecule has 63 heavy (non-hydrogen) atoms. The molecule has 5 heterocycles. The predicted molar refractivity (Wildman–Crippen MR) is 263 cm³/mol. The van der Waals surface area contributed by atoms with E-state index in [1.54, 1.807) is 22.7 Å². The van der Waals surface area contributed by atoms with Crippen LogP contribution < -0.4 is 0 Å². The molecule has 13 aromatic rings. The zero-order valence-electron chi connectivity index (χ0n) is 33.5. The van der Waals surface area contributed by atoms with E-state index in [0.29, 0.717) is 23.4 Å². The minimum Gasteiger partial charge on any atom is -0.278 e. The molecule has 6 nitrogen and oxygen atoms in total. The van der Waals surface area contributed by atoms with E-state index in [-0.39, 0.29) is 0 Å². The van der Waals surface area contributed by atoms with Crippen LogP contribution in [0, 0.1) is 0 Å². The maximum atomic E-state index is 5.40. The number of hydrogen-bond acceptors (Lipinski definition) is 7. The summed E-state index contributed by atoms with van der Waals surface area (Å²) in [6.45, 7) is 0. The van der Waals surface area contributed by atoms with Crippen LogP contribution in [0.2, 0.25) is 0 Å². The number of para-hydroxylation sites is 1. The predicted octanol–water partition coefficient (Wildman–Crippen LogP) is 14.8. The van der Waals surface area contributed by atoms with Crippen molar-refractivity contribution in [3.8, 4) is 62.5 Å². The highest BCUT2D eigenvalue weighted by atomic mass is 32.1. The molecule has 294 valence electrons. The van der Waals surface area contributed by atoms with Crippen molar-refractivity contribution in [1.29, 1.82) is 0 Å². The van der Waals surface area contributed by atoms with E-state index in [1.807, 2.05) is 24.3 Å². The average Bonchev–Trinajstić information content (AvgIpc) is 4.04. The SMILES string of the molecule is c1ccc(-c2ccc3c4ccccc4n(-c4nc(-c5ccccc5)nc(-c5cccc6c5sc5cccc(-c7nc(-c8ccccc8)c8sc9ccccc9c8n7)c56)n4)c3c2)cc1. The van der Waals surface area contributed by atoms with E-state index in [0.717, 1.165) is 96.7 Å². The number of fused-ring (bicyclic) bond motifs is 9. The third-order valence-electron chi connectivity index (χ3n) is 11.9. The summed E-state index contributed by atoms with van der Waals surface area (Å²) in [5.41, 5.74) is 10.2. The number of aromatic nitrogens is 6. The number of rotatable bonds is 6. The summed E-state index contributed by atoms with van der Waals surface area (Å²) in [7, 11) is 0. The van der Waals surface area contributed by atoms with Gasteiger partial charge in [-0.3, -0.25) is 4.57 Å². The standard InChI is InChI=1S/C55H32N6S2/c1-4-16-33(17-5-1)36-30-31-38-37-22-10-12-27-43(37)61(44(38)32-36)55-59-52(35-20-8-3-9-21-35)58-54(60-55)42-26-14-24-40-47-41(25-15-29-46(47)63-50(40)42)53-56-48(34-18-6-2-7-19-34)51-49(57-53)39-23-11-13-28-45(39)62-51/h1-32H. The maximum Gasteiger partial charge on any atom is 0.238 e. The van der Waals surface area contributed by atoms with Gasteiger partial charge in [0.2, 0.25) is 5.95 Å². The lowest BCUT2D eigenvalue weighted by atomic mass is 10.0. The van der Waals surface area contributed by atoms with Gasteiger partial charge in [-0.05, 0) is 41.5 Å². The Morgan fingerprint density at radius 3 is 1.78 bits per heavy atom. The molecular formula is C55H32N6S2. The van der Waals surface area contributed by atoms with Crippen LogP contribution >= 0.6 is 22.7 Å². The van der Waals surface area contributed by atoms with E-state index in [4.69, 9.17) is 24.9 Å². The van der Waals surface area contributed by atoms with Gasteiger partial charge in [0.1, 0.15) is 0 Å². The first kappa shape index (κ1) is 35.8. The van der Waals surface area contributed by atoms with E-state index in [2.05, 4.69) is 174 Å². The second-order valence-electron chi connectivity index (χ2n) is 15.6. The normalized spacial score (nSPS) is 11.8. The molecule has 0 N–H and O–H groups in total. The van der Waals surface area contributed by atoms with Gasteiger partial charge in [0, 0.05) is 63.3 Å². The zero-order chi connectivity index (χ0) is 41.4. The molecule has 0 bridgehead atoms. The van der Waals surface area contributed by atoms with E-state index in [1.165, 1.54) is 4.70 Å². The molecule has 0 aliphatic heterocycles. The summed E-state index contributed by atoms with van der Waals surface area (Å²) < 4.78 is 6.72. The van der Waals surface area contributed by atoms with Gasteiger partial charge in [0.05, 0.1) is 26.9 Å².